The summed E-state index contributed by atoms with van der Waals surface area (Å²) in [5.74, 6) is 6.34. The molecule has 2 nitrogen and oxygen atoms in total. The van der Waals surface area contributed by atoms with E-state index in [-0.39, 0.29) is 0 Å². The van der Waals surface area contributed by atoms with Crippen LogP contribution < -0.4 is 11.3 Å². The molecule has 0 bridgehead atoms. The number of hydrogen-bond acceptors (Lipinski definition) is 2. The molecule has 1 aliphatic carbocycles. The van der Waals surface area contributed by atoms with Crippen molar-refractivity contribution in [1.29, 1.82) is 0 Å². The van der Waals surface area contributed by atoms with Crippen molar-refractivity contribution >= 4 is 11.6 Å². The molecule has 1 saturated carbocycles. The lowest BCUT2D eigenvalue weighted by atomic mass is 9.78. The molecule has 1 atom stereocenters. The van der Waals surface area contributed by atoms with Crippen molar-refractivity contribution in [3.8, 4) is 0 Å². The Morgan fingerprint density at radius 3 is 2.75 bits per heavy atom. The maximum atomic E-state index is 6.23. The van der Waals surface area contributed by atoms with E-state index in [9.17, 15) is 0 Å². The summed E-state index contributed by atoms with van der Waals surface area (Å²) in [7, 11) is 0. The van der Waals surface area contributed by atoms with Crippen LogP contribution in [0.3, 0.4) is 0 Å². The molecule has 2 rings (SSSR count). The van der Waals surface area contributed by atoms with Gasteiger partial charge in [-0.05, 0) is 49.3 Å². The van der Waals surface area contributed by atoms with Gasteiger partial charge < -0.3 is 0 Å². The van der Waals surface area contributed by atoms with Gasteiger partial charge in [0, 0.05) is 11.1 Å². The van der Waals surface area contributed by atoms with Crippen LogP contribution in [0.25, 0.3) is 0 Å². The van der Waals surface area contributed by atoms with Gasteiger partial charge in [0.15, 0.2) is 0 Å². The van der Waals surface area contributed by atoms with Crippen LogP contribution in [0.4, 0.5) is 0 Å². The van der Waals surface area contributed by atoms with E-state index in [1.807, 2.05) is 6.07 Å². The first kappa shape index (κ1) is 11.9. The molecule has 1 aliphatic rings. The first-order chi connectivity index (χ1) is 7.70. The van der Waals surface area contributed by atoms with E-state index in [0.29, 0.717) is 6.04 Å². The highest BCUT2D eigenvalue weighted by molar-refractivity contribution is 6.31. The van der Waals surface area contributed by atoms with Crippen LogP contribution in [0.2, 0.25) is 5.02 Å². The third kappa shape index (κ3) is 2.57. The van der Waals surface area contributed by atoms with Crippen LogP contribution >= 0.6 is 11.6 Å². The highest BCUT2D eigenvalue weighted by Gasteiger charge is 2.26. The summed E-state index contributed by atoms with van der Waals surface area (Å²) >= 11 is 6.23. The fourth-order valence-electron chi connectivity index (χ4n) is 2.26. The van der Waals surface area contributed by atoms with Gasteiger partial charge in [-0.3, -0.25) is 11.3 Å². The highest BCUT2D eigenvalue weighted by Crippen LogP contribution is 2.31. The molecule has 0 heterocycles. The number of halogens is 1. The van der Waals surface area contributed by atoms with Crippen molar-refractivity contribution in [1.82, 2.24) is 5.43 Å². The van der Waals surface area contributed by atoms with Gasteiger partial charge in [-0.2, -0.15) is 0 Å². The molecule has 1 aromatic rings. The molecule has 0 aromatic heterocycles. The minimum atomic E-state index is 0.369. The van der Waals surface area contributed by atoms with E-state index in [1.165, 1.54) is 30.4 Å². The van der Waals surface area contributed by atoms with E-state index < -0.39 is 0 Å². The molecular formula is C13H19ClN2. The van der Waals surface area contributed by atoms with Gasteiger partial charge in [-0.1, -0.05) is 30.2 Å². The molecule has 1 aromatic carbocycles. The SMILES string of the molecule is Cc1ccc(CC(NN)C2CCC2)c(Cl)c1. The Morgan fingerprint density at radius 1 is 1.50 bits per heavy atom. The number of hydrogen-bond donors (Lipinski definition) is 2. The Labute approximate surface area is 102 Å². The zero-order valence-corrected chi connectivity index (χ0v) is 10.4. The summed E-state index contributed by atoms with van der Waals surface area (Å²) in [5.41, 5.74) is 5.34. The van der Waals surface area contributed by atoms with E-state index >= 15 is 0 Å². The fourth-order valence-corrected chi connectivity index (χ4v) is 2.57. The maximum Gasteiger partial charge on any atom is 0.0441 e. The van der Waals surface area contributed by atoms with Gasteiger partial charge >= 0.3 is 0 Å². The highest BCUT2D eigenvalue weighted by atomic mass is 35.5. The van der Waals surface area contributed by atoms with E-state index in [2.05, 4.69) is 24.5 Å². The Kier molecular flexibility index (Phi) is 3.85. The van der Waals surface area contributed by atoms with Crippen molar-refractivity contribution in [3.63, 3.8) is 0 Å². The van der Waals surface area contributed by atoms with E-state index in [1.54, 1.807) is 0 Å². The zero-order chi connectivity index (χ0) is 11.5. The van der Waals surface area contributed by atoms with Crippen LogP contribution in [-0.2, 0) is 6.42 Å². The Morgan fingerprint density at radius 2 is 2.25 bits per heavy atom. The van der Waals surface area contributed by atoms with Gasteiger partial charge in [-0.15, -0.1) is 0 Å². The lowest BCUT2D eigenvalue weighted by Crippen LogP contribution is -2.44. The topological polar surface area (TPSA) is 38.0 Å². The summed E-state index contributed by atoms with van der Waals surface area (Å²) in [6.07, 6.45) is 4.85. The third-order valence-electron chi connectivity index (χ3n) is 3.58. The monoisotopic (exact) mass is 238 g/mol. The predicted octanol–water partition coefficient (Wildman–Crippen LogP) is 2.82. The van der Waals surface area contributed by atoms with Crippen LogP contribution in [0, 0.1) is 12.8 Å². The van der Waals surface area contributed by atoms with E-state index in [0.717, 1.165) is 17.4 Å². The van der Waals surface area contributed by atoms with Crippen LogP contribution in [0.5, 0.6) is 0 Å². The van der Waals surface area contributed by atoms with Crippen LogP contribution in [-0.4, -0.2) is 6.04 Å². The van der Waals surface area contributed by atoms with Crippen molar-refractivity contribution < 1.29 is 0 Å². The summed E-state index contributed by atoms with van der Waals surface area (Å²) in [4.78, 5) is 0. The molecule has 0 saturated heterocycles. The summed E-state index contributed by atoms with van der Waals surface area (Å²) in [6.45, 7) is 2.06. The van der Waals surface area contributed by atoms with Gasteiger partial charge in [0.2, 0.25) is 0 Å². The largest absolute Gasteiger partial charge is 0.271 e. The molecule has 1 fully saturated rings. The number of nitrogens with two attached hydrogens (primary N) is 1. The minimum absolute atomic E-state index is 0.369. The number of aryl methyl sites for hydroxylation is 1. The molecule has 3 heteroatoms. The Bertz CT molecular complexity index is 361. The molecule has 3 N–H and O–H groups in total. The molecule has 0 spiro atoms. The first-order valence-corrected chi connectivity index (χ1v) is 6.29. The molecule has 1 unspecified atom stereocenters. The van der Waals surface area contributed by atoms with Gasteiger partial charge in [0.25, 0.3) is 0 Å². The fraction of sp³-hybridized carbons (Fsp3) is 0.538. The predicted molar refractivity (Wildman–Crippen MR) is 68.3 cm³/mol. The van der Waals surface area contributed by atoms with Gasteiger partial charge in [-0.25, -0.2) is 0 Å². The van der Waals surface area contributed by atoms with Crippen molar-refractivity contribution in [2.75, 3.05) is 0 Å². The zero-order valence-electron chi connectivity index (χ0n) is 9.67. The van der Waals surface area contributed by atoms with Gasteiger partial charge in [0.1, 0.15) is 0 Å². The summed E-state index contributed by atoms with van der Waals surface area (Å²) < 4.78 is 0. The second-order valence-corrected chi connectivity index (χ2v) is 5.17. The average molecular weight is 239 g/mol. The second-order valence-electron chi connectivity index (χ2n) is 4.76. The quantitative estimate of drug-likeness (QED) is 0.625. The number of hydrazine groups is 1. The van der Waals surface area contributed by atoms with Crippen molar-refractivity contribution in [2.24, 2.45) is 11.8 Å². The molecule has 16 heavy (non-hydrogen) atoms. The molecular weight excluding hydrogens is 220 g/mol. The number of benzene rings is 1. The summed E-state index contributed by atoms with van der Waals surface area (Å²) in [6, 6.07) is 6.61. The van der Waals surface area contributed by atoms with Crippen molar-refractivity contribution in [3.05, 3.63) is 34.3 Å². The number of rotatable bonds is 4. The lowest BCUT2D eigenvalue weighted by Gasteiger charge is -2.33. The van der Waals surface area contributed by atoms with Crippen molar-refractivity contribution in [2.45, 2.75) is 38.6 Å². The molecule has 88 valence electrons. The maximum absolute atomic E-state index is 6.23. The lowest BCUT2D eigenvalue weighted by molar-refractivity contribution is 0.228. The second kappa shape index (κ2) is 5.17. The third-order valence-corrected chi connectivity index (χ3v) is 3.93. The Balaban J connectivity index is 2.06. The van der Waals surface area contributed by atoms with Gasteiger partial charge in [0.05, 0.1) is 0 Å². The summed E-state index contributed by atoms with van der Waals surface area (Å²) in [5, 5.41) is 0.861. The standard InChI is InChI=1S/C13H19ClN2/c1-9-5-6-11(12(14)7-9)8-13(16-15)10-3-2-4-10/h5-7,10,13,16H,2-4,8,15H2,1H3. The molecule has 0 aliphatic heterocycles. The number of nitrogens with one attached hydrogen (secondary N) is 1. The Hall–Kier alpha value is -0.570. The van der Waals surface area contributed by atoms with Crippen LogP contribution in [0.1, 0.15) is 30.4 Å². The van der Waals surface area contributed by atoms with E-state index in [4.69, 9.17) is 17.4 Å². The van der Waals surface area contributed by atoms with Crippen LogP contribution in [0.15, 0.2) is 18.2 Å². The normalized spacial score (nSPS) is 18.2. The smallest absolute Gasteiger partial charge is 0.0441 e. The average Bonchev–Trinajstić information content (AvgIpc) is 2.18. The molecule has 0 amide bonds. The first-order valence-electron chi connectivity index (χ1n) is 5.92. The molecule has 0 radical (unpaired) electrons. The minimum Gasteiger partial charge on any atom is -0.271 e.